The Morgan fingerprint density at radius 1 is 1.20 bits per heavy atom. The molecule has 4 nitrogen and oxygen atoms in total. The molecule has 0 spiro atoms. The van der Waals surface area contributed by atoms with Gasteiger partial charge in [0.25, 0.3) is 0 Å². The Morgan fingerprint density at radius 3 is 2.32 bits per heavy atom. The van der Waals surface area contributed by atoms with Crippen LogP contribution in [0.15, 0.2) is 24.3 Å². The Balaban J connectivity index is 2.76. The van der Waals surface area contributed by atoms with Gasteiger partial charge in [0.15, 0.2) is 0 Å². The molecular formula is C18H27F3N2O2. The highest BCUT2D eigenvalue weighted by molar-refractivity contribution is 5.76. The van der Waals surface area contributed by atoms with Crippen molar-refractivity contribution in [3.05, 3.63) is 35.4 Å². The van der Waals surface area contributed by atoms with E-state index in [2.05, 4.69) is 0 Å². The molecule has 142 valence electrons. The average molecular weight is 360 g/mol. The maximum absolute atomic E-state index is 13.0. The van der Waals surface area contributed by atoms with Gasteiger partial charge in [-0.3, -0.25) is 4.79 Å². The predicted molar refractivity (Wildman–Crippen MR) is 90.5 cm³/mol. The van der Waals surface area contributed by atoms with Crippen molar-refractivity contribution in [2.24, 2.45) is 23.3 Å². The van der Waals surface area contributed by atoms with E-state index in [9.17, 15) is 23.1 Å². The van der Waals surface area contributed by atoms with Crippen molar-refractivity contribution in [2.45, 2.75) is 57.9 Å². The van der Waals surface area contributed by atoms with Gasteiger partial charge in [-0.2, -0.15) is 13.2 Å². The summed E-state index contributed by atoms with van der Waals surface area (Å²) in [5.74, 6) is -0.685. The monoisotopic (exact) mass is 360 g/mol. The number of benzene rings is 1. The molecule has 1 aromatic rings. The number of amides is 1. The lowest BCUT2D eigenvalue weighted by molar-refractivity contribution is -0.138. The molecular weight excluding hydrogens is 333 g/mol. The molecule has 0 fully saturated rings. The SMILES string of the molecule is CC(C)CCC(CC(O)C(N)Cc1ccccc1C(F)(F)F)C(N)=O. The van der Waals surface area contributed by atoms with Crippen molar-refractivity contribution in [1.29, 1.82) is 0 Å². The third-order valence-electron chi connectivity index (χ3n) is 4.29. The van der Waals surface area contributed by atoms with Crippen molar-refractivity contribution in [2.75, 3.05) is 0 Å². The second kappa shape index (κ2) is 9.20. The Hall–Kier alpha value is -1.60. The highest BCUT2D eigenvalue weighted by Crippen LogP contribution is 2.32. The molecule has 0 aliphatic heterocycles. The first-order valence-corrected chi connectivity index (χ1v) is 8.40. The second-order valence-electron chi connectivity index (χ2n) is 6.90. The summed E-state index contributed by atoms with van der Waals surface area (Å²) in [5.41, 5.74) is 10.5. The minimum Gasteiger partial charge on any atom is -0.391 e. The molecule has 1 amide bonds. The van der Waals surface area contributed by atoms with Crippen LogP contribution in [0.3, 0.4) is 0 Å². The third-order valence-corrected chi connectivity index (χ3v) is 4.29. The van der Waals surface area contributed by atoms with Gasteiger partial charge < -0.3 is 16.6 Å². The summed E-state index contributed by atoms with van der Waals surface area (Å²) >= 11 is 0. The Morgan fingerprint density at radius 2 is 1.80 bits per heavy atom. The summed E-state index contributed by atoms with van der Waals surface area (Å²) in [6, 6.07) is 4.23. The molecule has 1 aromatic carbocycles. The van der Waals surface area contributed by atoms with E-state index in [-0.39, 0.29) is 18.4 Å². The summed E-state index contributed by atoms with van der Waals surface area (Å²) in [6.07, 6.45) is -4.37. The first-order chi connectivity index (χ1) is 11.5. The van der Waals surface area contributed by atoms with Crippen LogP contribution in [-0.2, 0) is 17.4 Å². The number of aliphatic hydroxyl groups excluding tert-OH is 1. The van der Waals surface area contributed by atoms with Crippen molar-refractivity contribution in [1.82, 2.24) is 0 Å². The lowest BCUT2D eigenvalue weighted by atomic mass is 9.88. The van der Waals surface area contributed by atoms with Crippen LogP contribution in [-0.4, -0.2) is 23.2 Å². The first kappa shape index (κ1) is 21.4. The fourth-order valence-electron chi connectivity index (χ4n) is 2.74. The molecule has 0 radical (unpaired) electrons. The minimum absolute atomic E-state index is 0.0272. The standard InChI is InChI=1S/C18H27F3N2O2/c1-11(2)7-8-13(17(23)25)10-16(24)15(22)9-12-5-3-4-6-14(12)18(19,20)21/h3-6,11,13,15-16,24H,7-10,22H2,1-2H3,(H2,23,25). The molecule has 3 unspecified atom stereocenters. The number of aliphatic hydroxyl groups is 1. The molecule has 0 heterocycles. The number of carbonyl (C=O) groups is 1. The number of nitrogens with two attached hydrogens (primary N) is 2. The molecule has 1 rings (SSSR count). The molecule has 3 atom stereocenters. The molecule has 0 aliphatic rings. The molecule has 5 N–H and O–H groups in total. The lowest BCUT2D eigenvalue weighted by Crippen LogP contribution is -2.40. The summed E-state index contributed by atoms with van der Waals surface area (Å²) in [6.45, 7) is 4.02. The van der Waals surface area contributed by atoms with Crippen LogP contribution in [0.4, 0.5) is 13.2 Å². The van der Waals surface area contributed by atoms with Gasteiger partial charge in [-0.25, -0.2) is 0 Å². The third kappa shape index (κ3) is 7.04. The number of alkyl halides is 3. The Bertz CT molecular complexity index is 561. The van der Waals surface area contributed by atoms with E-state index in [1.807, 2.05) is 13.8 Å². The molecule has 7 heteroatoms. The van der Waals surface area contributed by atoms with Crippen LogP contribution in [0.5, 0.6) is 0 Å². The van der Waals surface area contributed by atoms with Gasteiger partial charge in [0.05, 0.1) is 11.7 Å². The van der Waals surface area contributed by atoms with Gasteiger partial charge in [-0.15, -0.1) is 0 Å². The van der Waals surface area contributed by atoms with Crippen LogP contribution in [0.2, 0.25) is 0 Å². The van der Waals surface area contributed by atoms with Gasteiger partial charge >= 0.3 is 6.18 Å². The van der Waals surface area contributed by atoms with Crippen molar-refractivity contribution < 1.29 is 23.1 Å². The van der Waals surface area contributed by atoms with Crippen LogP contribution < -0.4 is 11.5 Å². The van der Waals surface area contributed by atoms with Crippen molar-refractivity contribution >= 4 is 5.91 Å². The van der Waals surface area contributed by atoms with Crippen LogP contribution in [0, 0.1) is 11.8 Å². The topological polar surface area (TPSA) is 89.3 Å². The normalized spacial score (nSPS) is 15.8. The van der Waals surface area contributed by atoms with E-state index in [4.69, 9.17) is 11.5 Å². The molecule has 0 aromatic heterocycles. The zero-order valence-electron chi connectivity index (χ0n) is 14.6. The highest BCUT2D eigenvalue weighted by Gasteiger charge is 2.34. The average Bonchev–Trinajstić information content (AvgIpc) is 2.50. The first-order valence-electron chi connectivity index (χ1n) is 8.40. The van der Waals surface area contributed by atoms with E-state index < -0.39 is 35.7 Å². The van der Waals surface area contributed by atoms with Crippen LogP contribution in [0.25, 0.3) is 0 Å². The summed E-state index contributed by atoms with van der Waals surface area (Å²) < 4.78 is 39.1. The molecule has 0 saturated carbocycles. The molecule has 0 bridgehead atoms. The lowest BCUT2D eigenvalue weighted by Gasteiger charge is -2.24. The Kier molecular flexibility index (Phi) is 7.89. The van der Waals surface area contributed by atoms with Gasteiger partial charge in [0, 0.05) is 12.0 Å². The fourth-order valence-corrected chi connectivity index (χ4v) is 2.74. The van der Waals surface area contributed by atoms with E-state index in [0.29, 0.717) is 12.3 Å². The summed E-state index contributed by atoms with van der Waals surface area (Å²) in [7, 11) is 0. The molecule has 0 aliphatic carbocycles. The maximum Gasteiger partial charge on any atom is 0.416 e. The minimum atomic E-state index is -4.48. The number of rotatable bonds is 9. The van der Waals surface area contributed by atoms with Crippen molar-refractivity contribution in [3.63, 3.8) is 0 Å². The number of primary amides is 1. The Labute approximate surface area is 146 Å². The maximum atomic E-state index is 13.0. The van der Waals surface area contributed by atoms with Gasteiger partial charge in [0.1, 0.15) is 0 Å². The van der Waals surface area contributed by atoms with Gasteiger partial charge in [0.2, 0.25) is 5.91 Å². The van der Waals surface area contributed by atoms with E-state index in [0.717, 1.165) is 12.5 Å². The van der Waals surface area contributed by atoms with Crippen LogP contribution in [0.1, 0.15) is 44.2 Å². The van der Waals surface area contributed by atoms with E-state index in [1.165, 1.54) is 18.2 Å². The number of hydrogen-bond donors (Lipinski definition) is 3. The van der Waals surface area contributed by atoms with Crippen LogP contribution >= 0.6 is 0 Å². The highest BCUT2D eigenvalue weighted by atomic mass is 19.4. The van der Waals surface area contributed by atoms with Gasteiger partial charge in [-0.05, 0) is 36.8 Å². The molecule has 0 saturated heterocycles. The largest absolute Gasteiger partial charge is 0.416 e. The summed E-state index contributed by atoms with van der Waals surface area (Å²) in [4.78, 5) is 11.5. The zero-order valence-corrected chi connectivity index (χ0v) is 14.6. The van der Waals surface area contributed by atoms with Gasteiger partial charge in [-0.1, -0.05) is 38.5 Å². The second-order valence-corrected chi connectivity index (χ2v) is 6.90. The predicted octanol–water partition coefficient (Wildman–Crippen LogP) is 2.86. The number of carbonyl (C=O) groups excluding carboxylic acids is 1. The fraction of sp³-hybridized carbons (Fsp3) is 0.611. The zero-order chi connectivity index (χ0) is 19.2. The molecule has 25 heavy (non-hydrogen) atoms. The van der Waals surface area contributed by atoms with E-state index in [1.54, 1.807) is 0 Å². The smallest absolute Gasteiger partial charge is 0.391 e. The number of halogens is 3. The van der Waals surface area contributed by atoms with Crippen molar-refractivity contribution in [3.8, 4) is 0 Å². The number of hydrogen-bond acceptors (Lipinski definition) is 3. The van der Waals surface area contributed by atoms with E-state index >= 15 is 0 Å². The summed E-state index contributed by atoms with van der Waals surface area (Å²) in [5, 5.41) is 10.2. The quantitative estimate of drug-likeness (QED) is 0.633.